The van der Waals surface area contributed by atoms with Crippen LogP contribution >= 0.6 is 0 Å². The number of pyridine rings is 1. The van der Waals surface area contributed by atoms with Gasteiger partial charge < -0.3 is 5.32 Å². The third-order valence-corrected chi connectivity index (χ3v) is 2.67. The Labute approximate surface area is 104 Å². The molecule has 1 aliphatic heterocycles. The van der Waals surface area contributed by atoms with E-state index in [1.54, 1.807) is 6.20 Å². The Morgan fingerprint density at radius 1 is 1.11 bits per heavy atom. The third kappa shape index (κ3) is 2.23. The first-order chi connectivity index (χ1) is 8.93. The van der Waals surface area contributed by atoms with Gasteiger partial charge in [0.2, 0.25) is 5.82 Å². The van der Waals surface area contributed by atoms with Gasteiger partial charge in [-0.15, -0.1) is 20.4 Å². The lowest BCUT2D eigenvalue weighted by Gasteiger charge is -2.15. The van der Waals surface area contributed by atoms with Gasteiger partial charge >= 0.3 is 0 Å². The lowest BCUT2D eigenvalue weighted by atomic mass is 10.2. The molecule has 90 valence electrons. The first kappa shape index (κ1) is 10.9. The lowest BCUT2D eigenvalue weighted by Crippen LogP contribution is -2.26. The molecule has 0 fully saturated rings. The summed E-state index contributed by atoms with van der Waals surface area (Å²) < 4.78 is 0. The van der Waals surface area contributed by atoms with E-state index in [1.165, 1.54) is 0 Å². The zero-order valence-electron chi connectivity index (χ0n) is 9.69. The molecule has 0 saturated heterocycles. The molecule has 0 aromatic carbocycles. The van der Waals surface area contributed by atoms with Crippen molar-refractivity contribution < 1.29 is 0 Å². The summed E-state index contributed by atoms with van der Waals surface area (Å²) >= 11 is 0. The molecule has 6 nitrogen and oxygen atoms in total. The van der Waals surface area contributed by atoms with E-state index in [0.29, 0.717) is 17.3 Å². The quantitative estimate of drug-likeness (QED) is 0.786. The summed E-state index contributed by atoms with van der Waals surface area (Å²) in [7, 11) is 0. The molecule has 0 radical (unpaired) electrons. The Bertz CT molecular complexity index is 536. The summed E-state index contributed by atoms with van der Waals surface area (Å²) in [6.45, 7) is 0.923. The summed E-state index contributed by atoms with van der Waals surface area (Å²) in [6, 6.07) is 5.56. The van der Waals surface area contributed by atoms with Gasteiger partial charge in [0, 0.05) is 6.20 Å². The van der Waals surface area contributed by atoms with Crippen LogP contribution in [0.5, 0.6) is 0 Å². The van der Waals surface area contributed by atoms with Crippen molar-refractivity contribution in [3.05, 3.63) is 42.4 Å². The van der Waals surface area contributed by atoms with Gasteiger partial charge in [-0.25, -0.2) is 0 Å². The number of rotatable bonds is 2. The van der Waals surface area contributed by atoms with Crippen LogP contribution in [0.2, 0.25) is 0 Å². The fraction of sp³-hybridized carbons (Fsp3) is 0.250. The predicted molar refractivity (Wildman–Crippen MR) is 65.4 cm³/mol. The van der Waals surface area contributed by atoms with E-state index in [9.17, 15) is 0 Å². The maximum atomic E-state index is 4.16. The normalized spacial score (nSPS) is 18.8. The van der Waals surface area contributed by atoms with Gasteiger partial charge in [0.15, 0.2) is 5.82 Å². The highest BCUT2D eigenvalue weighted by Gasteiger charge is 2.14. The molecule has 1 atom stereocenters. The number of hydrogen-bond acceptors (Lipinski definition) is 6. The molecule has 3 rings (SSSR count). The number of hydrogen-bond donors (Lipinski definition) is 1. The van der Waals surface area contributed by atoms with Gasteiger partial charge in [-0.3, -0.25) is 4.98 Å². The summed E-state index contributed by atoms with van der Waals surface area (Å²) in [6.07, 6.45) is 6.86. The second-order valence-electron chi connectivity index (χ2n) is 3.95. The zero-order chi connectivity index (χ0) is 12.2. The molecule has 1 aliphatic rings. The van der Waals surface area contributed by atoms with Crippen molar-refractivity contribution in [1.29, 1.82) is 0 Å². The molecule has 2 aromatic heterocycles. The Balaban J connectivity index is 1.85. The van der Waals surface area contributed by atoms with E-state index >= 15 is 0 Å². The van der Waals surface area contributed by atoms with Crippen LogP contribution in [0, 0.1) is 0 Å². The molecule has 1 unspecified atom stereocenters. The summed E-state index contributed by atoms with van der Waals surface area (Å²) in [5.74, 6) is 1.03. The van der Waals surface area contributed by atoms with Crippen LogP contribution in [-0.2, 0) is 0 Å². The zero-order valence-corrected chi connectivity index (χ0v) is 9.69. The molecule has 0 spiro atoms. The Hall–Kier alpha value is -2.21. The minimum absolute atomic E-state index is 0.0107. The fourth-order valence-electron chi connectivity index (χ4n) is 1.76. The van der Waals surface area contributed by atoms with E-state index in [4.69, 9.17) is 0 Å². The average Bonchev–Trinajstić information content (AvgIpc) is 2.49. The van der Waals surface area contributed by atoms with Crippen LogP contribution in [0.25, 0.3) is 11.5 Å². The van der Waals surface area contributed by atoms with Crippen molar-refractivity contribution in [1.82, 2.24) is 30.7 Å². The third-order valence-electron chi connectivity index (χ3n) is 2.67. The molecule has 1 N–H and O–H groups in total. The minimum atomic E-state index is 0.0107. The summed E-state index contributed by atoms with van der Waals surface area (Å²) in [5.41, 5.74) is 0.677. The van der Waals surface area contributed by atoms with E-state index in [2.05, 4.69) is 36.8 Å². The Morgan fingerprint density at radius 3 is 2.67 bits per heavy atom. The van der Waals surface area contributed by atoms with Crippen LogP contribution in [0.4, 0.5) is 0 Å². The molecule has 3 heterocycles. The van der Waals surface area contributed by atoms with Gasteiger partial charge in [-0.2, -0.15) is 0 Å². The average molecular weight is 240 g/mol. The van der Waals surface area contributed by atoms with Crippen molar-refractivity contribution in [2.45, 2.75) is 12.5 Å². The second kappa shape index (κ2) is 4.97. The maximum Gasteiger partial charge on any atom is 0.221 e. The topological polar surface area (TPSA) is 76.5 Å². The SMILES string of the molecule is C1=CC(c2nnc(-c3ccccn3)nn2)NCC1. The highest BCUT2D eigenvalue weighted by Crippen LogP contribution is 2.13. The van der Waals surface area contributed by atoms with Crippen LogP contribution < -0.4 is 5.32 Å². The van der Waals surface area contributed by atoms with Crippen molar-refractivity contribution in [3.63, 3.8) is 0 Å². The molecule has 0 amide bonds. The van der Waals surface area contributed by atoms with Crippen molar-refractivity contribution in [2.75, 3.05) is 6.54 Å². The molecule has 0 aliphatic carbocycles. The monoisotopic (exact) mass is 240 g/mol. The van der Waals surface area contributed by atoms with Crippen LogP contribution in [0.3, 0.4) is 0 Å². The Morgan fingerprint density at radius 2 is 2.00 bits per heavy atom. The van der Waals surface area contributed by atoms with Crippen LogP contribution in [0.1, 0.15) is 18.3 Å². The molecule has 6 heteroatoms. The molecule has 18 heavy (non-hydrogen) atoms. The van der Waals surface area contributed by atoms with Gasteiger partial charge in [0.1, 0.15) is 5.69 Å². The number of nitrogens with one attached hydrogen (secondary N) is 1. The van der Waals surface area contributed by atoms with Crippen LogP contribution in [-0.4, -0.2) is 31.9 Å². The molecule has 0 bridgehead atoms. The van der Waals surface area contributed by atoms with Gasteiger partial charge in [-0.1, -0.05) is 18.2 Å². The first-order valence-electron chi connectivity index (χ1n) is 5.82. The highest BCUT2D eigenvalue weighted by molar-refractivity contribution is 5.46. The van der Waals surface area contributed by atoms with Crippen molar-refractivity contribution >= 4 is 0 Å². The Kier molecular flexibility index (Phi) is 3.01. The standard InChI is InChI=1S/C12H12N6/c1-3-7-13-9(5-1)11-15-17-12(18-16-11)10-6-2-4-8-14-10/h1-3,5-7,10,14H,4,8H2. The highest BCUT2D eigenvalue weighted by atomic mass is 15.3. The summed E-state index contributed by atoms with van der Waals surface area (Å²) in [5, 5.41) is 19.6. The summed E-state index contributed by atoms with van der Waals surface area (Å²) in [4.78, 5) is 4.16. The number of aromatic nitrogens is 5. The molecule has 2 aromatic rings. The largest absolute Gasteiger partial charge is 0.304 e. The predicted octanol–water partition coefficient (Wildman–Crippen LogP) is 0.919. The van der Waals surface area contributed by atoms with E-state index < -0.39 is 0 Å². The number of nitrogens with zero attached hydrogens (tertiary/aromatic N) is 5. The van der Waals surface area contributed by atoms with Gasteiger partial charge in [0.25, 0.3) is 0 Å². The van der Waals surface area contributed by atoms with Crippen molar-refractivity contribution in [3.8, 4) is 11.5 Å². The van der Waals surface area contributed by atoms with Gasteiger partial charge in [0.05, 0.1) is 6.04 Å². The lowest BCUT2D eigenvalue weighted by molar-refractivity contribution is 0.554. The molecule has 0 saturated carbocycles. The fourth-order valence-corrected chi connectivity index (χ4v) is 1.76. The second-order valence-corrected chi connectivity index (χ2v) is 3.95. The van der Waals surface area contributed by atoms with E-state index in [0.717, 1.165) is 13.0 Å². The maximum absolute atomic E-state index is 4.16. The molecular formula is C12H12N6. The van der Waals surface area contributed by atoms with E-state index in [-0.39, 0.29) is 6.04 Å². The van der Waals surface area contributed by atoms with Crippen LogP contribution in [0.15, 0.2) is 36.5 Å². The molecular weight excluding hydrogens is 228 g/mol. The van der Waals surface area contributed by atoms with Gasteiger partial charge in [-0.05, 0) is 25.1 Å². The first-order valence-corrected chi connectivity index (χ1v) is 5.82. The van der Waals surface area contributed by atoms with E-state index in [1.807, 2.05) is 24.3 Å². The smallest absolute Gasteiger partial charge is 0.221 e. The minimum Gasteiger partial charge on any atom is -0.304 e. The van der Waals surface area contributed by atoms with Crippen molar-refractivity contribution in [2.24, 2.45) is 0 Å².